The van der Waals surface area contributed by atoms with Crippen molar-refractivity contribution in [2.24, 2.45) is 5.92 Å². The molecule has 0 radical (unpaired) electrons. The fraction of sp³-hybridized carbons (Fsp3) is 0.538. The maximum Gasteiger partial charge on any atom is 0.166 e. The molecule has 2 aromatic rings. The number of halogens is 3. The lowest BCUT2D eigenvalue weighted by atomic mass is 9.76. The second-order valence-electron chi connectivity index (χ2n) is 8.54. The molecule has 0 amide bonds. The van der Waals surface area contributed by atoms with Crippen LogP contribution in [0.4, 0.5) is 13.2 Å². The van der Waals surface area contributed by atoms with Gasteiger partial charge < -0.3 is 4.74 Å². The molecule has 0 atom stereocenters. The normalized spacial score (nSPS) is 19.1. The Balaban J connectivity index is 1.71. The van der Waals surface area contributed by atoms with Gasteiger partial charge in [-0.15, -0.1) is 0 Å². The third kappa shape index (κ3) is 5.39. The molecule has 0 aromatic heterocycles. The number of ether oxygens (including phenoxy) is 1. The molecule has 2 aromatic carbocycles. The van der Waals surface area contributed by atoms with E-state index in [1.54, 1.807) is 18.2 Å². The van der Waals surface area contributed by atoms with E-state index in [9.17, 15) is 13.2 Å². The van der Waals surface area contributed by atoms with Crippen LogP contribution >= 0.6 is 0 Å². The zero-order chi connectivity index (χ0) is 21.5. The van der Waals surface area contributed by atoms with Crippen LogP contribution in [0, 0.1) is 23.4 Å². The second-order valence-corrected chi connectivity index (χ2v) is 8.54. The molecule has 0 heterocycles. The first-order valence-corrected chi connectivity index (χ1v) is 11.5. The maximum absolute atomic E-state index is 14.9. The standard InChI is InChI=1S/C26H33F3O/c1-3-5-6-7-18-8-10-19(11-9-18)21-13-14-22(26(29)25(21)28)20-12-15-24(23(27)17-20)30-16-4-2/h12-15,17-19H,3-11,16H2,1-2H3. The quantitative estimate of drug-likeness (QED) is 0.371. The van der Waals surface area contributed by atoms with Gasteiger partial charge in [-0.2, -0.15) is 0 Å². The van der Waals surface area contributed by atoms with Gasteiger partial charge in [0.2, 0.25) is 0 Å². The van der Waals surface area contributed by atoms with Gasteiger partial charge in [-0.05, 0) is 67.2 Å². The number of benzene rings is 2. The van der Waals surface area contributed by atoms with Crippen LogP contribution in [0.5, 0.6) is 5.75 Å². The van der Waals surface area contributed by atoms with Gasteiger partial charge in [-0.1, -0.05) is 57.7 Å². The minimum atomic E-state index is -0.890. The molecular formula is C26H33F3O. The Bertz CT molecular complexity index is 825. The van der Waals surface area contributed by atoms with E-state index in [4.69, 9.17) is 4.74 Å². The fourth-order valence-corrected chi connectivity index (χ4v) is 4.55. The maximum atomic E-state index is 14.9. The molecule has 30 heavy (non-hydrogen) atoms. The third-order valence-electron chi connectivity index (χ3n) is 6.32. The van der Waals surface area contributed by atoms with E-state index in [1.165, 1.54) is 37.8 Å². The van der Waals surface area contributed by atoms with Gasteiger partial charge in [0.1, 0.15) is 0 Å². The summed E-state index contributed by atoms with van der Waals surface area (Å²) < 4.78 is 49.4. The molecule has 0 saturated heterocycles. The summed E-state index contributed by atoms with van der Waals surface area (Å²) in [5.74, 6) is -1.32. The zero-order valence-corrected chi connectivity index (χ0v) is 18.2. The predicted octanol–water partition coefficient (Wildman–Crippen LogP) is 8.41. The molecule has 1 fully saturated rings. The Morgan fingerprint density at radius 1 is 0.867 bits per heavy atom. The monoisotopic (exact) mass is 418 g/mol. The molecule has 0 aliphatic heterocycles. The van der Waals surface area contributed by atoms with Crippen molar-refractivity contribution in [1.82, 2.24) is 0 Å². The summed E-state index contributed by atoms with van der Waals surface area (Å²) in [6.07, 6.45) is 9.77. The molecule has 0 spiro atoms. The molecule has 1 aliphatic carbocycles. The Labute approximate surface area is 178 Å². The first-order valence-electron chi connectivity index (χ1n) is 11.5. The second kappa shape index (κ2) is 10.9. The summed E-state index contributed by atoms with van der Waals surface area (Å²) >= 11 is 0. The Hall–Kier alpha value is -1.97. The van der Waals surface area contributed by atoms with Crippen molar-refractivity contribution >= 4 is 0 Å². The molecule has 0 bridgehead atoms. The van der Waals surface area contributed by atoms with Crippen LogP contribution in [-0.2, 0) is 0 Å². The van der Waals surface area contributed by atoms with E-state index < -0.39 is 17.5 Å². The average Bonchev–Trinajstić information content (AvgIpc) is 2.75. The van der Waals surface area contributed by atoms with Crippen molar-refractivity contribution in [1.29, 1.82) is 0 Å². The summed E-state index contributed by atoms with van der Waals surface area (Å²) in [5.41, 5.74) is 0.871. The summed E-state index contributed by atoms with van der Waals surface area (Å²) in [6, 6.07) is 7.54. The van der Waals surface area contributed by atoms with Crippen molar-refractivity contribution in [2.75, 3.05) is 6.61 Å². The average molecular weight is 419 g/mol. The summed E-state index contributed by atoms with van der Waals surface area (Å²) in [7, 11) is 0. The molecular weight excluding hydrogens is 385 g/mol. The first-order chi connectivity index (χ1) is 14.5. The van der Waals surface area contributed by atoms with E-state index in [-0.39, 0.29) is 17.2 Å². The predicted molar refractivity (Wildman–Crippen MR) is 116 cm³/mol. The van der Waals surface area contributed by atoms with Crippen LogP contribution in [-0.4, -0.2) is 6.61 Å². The van der Waals surface area contributed by atoms with E-state index >= 15 is 0 Å². The van der Waals surface area contributed by atoms with Gasteiger partial charge >= 0.3 is 0 Å². The number of hydrogen-bond donors (Lipinski definition) is 0. The van der Waals surface area contributed by atoms with E-state index in [0.717, 1.165) is 38.0 Å². The molecule has 1 aliphatic rings. The van der Waals surface area contributed by atoms with E-state index in [0.29, 0.717) is 17.7 Å². The molecule has 164 valence electrons. The van der Waals surface area contributed by atoms with Gasteiger partial charge in [0.25, 0.3) is 0 Å². The highest BCUT2D eigenvalue weighted by atomic mass is 19.2. The lowest BCUT2D eigenvalue weighted by Crippen LogP contribution is -2.15. The van der Waals surface area contributed by atoms with Crippen molar-refractivity contribution in [2.45, 2.75) is 77.6 Å². The zero-order valence-electron chi connectivity index (χ0n) is 18.2. The Morgan fingerprint density at radius 2 is 1.63 bits per heavy atom. The topological polar surface area (TPSA) is 9.23 Å². The smallest absolute Gasteiger partial charge is 0.166 e. The van der Waals surface area contributed by atoms with Crippen molar-refractivity contribution in [3.8, 4) is 16.9 Å². The van der Waals surface area contributed by atoms with Crippen molar-refractivity contribution in [3.63, 3.8) is 0 Å². The molecule has 0 N–H and O–H groups in total. The SMILES string of the molecule is CCCCCC1CCC(c2ccc(-c3ccc(OCCC)c(F)c3)c(F)c2F)CC1. The Morgan fingerprint density at radius 3 is 2.30 bits per heavy atom. The van der Waals surface area contributed by atoms with Gasteiger partial charge in [-0.25, -0.2) is 13.2 Å². The molecule has 0 unspecified atom stereocenters. The largest absolute Gasteiger partial charge is 0.491 e. The number of unbranched alkanes of at least 4 members (excludes halogenated alkanes) is 2. The highest BCUT2D eigenvalue weighted by Gasteiger charge is 2.26. The lowest BCUT2D eigenvalue weighted by Gasteiger charge is -2.29. The molecule has 3 rings (SSSR count). The highest BCUT2D eigenvalue weighted by molar-refractivity contribution is 5.66. The molecule has 1 saturated carbocycles. The van der Waals surface area contributed by atoms with Crippen LogP contribution in [0.15, 0.2) is 30.3 Å². The van der Waals surface area contributed by atoms with Crippen molar-refractivity contribution < 1.29 is 17.9 Å². The Kier molecular flexibility index (Phi) is 8.24. The van der Waals surface area contributed by atoms with Crippen LogP contribution in [0.1, 0.15) is 83.1 Å². The summed E-state index contributed by atoms with van der Waals surface area (Å²) in [4.78, 5) is 0. The fourth-order valence-electron chi connectivity index (χ4n) is 4.55. The van der Waals surface area contributed by atoms with Gasteiger partial charge in [0.05, 0.1) is 6.61 Å². The number of rotatable bonds is 9. The van der Waals surface area contributed by atoms with Gasteiger partial charge in [0.15, 0.2) is 23.2 Å². The minimum Gasteiger partial charge on any atom is -0.491 e. The third-order valence-corrected chi connectivity index (χ3v) is 6.32. The molecule has 4 heteroatoms. The van der Waals surface area contributed by atoms with E-state index in [2.05, 4.69) is 6.92 Å². The van der Waals surface area contributed by atoms with Crippen LogP contribution < -0.4 is 4.74 Å². The number of hydrogen-bond acceptors (Lipinski definition) is 1. The van der Waals surface area contributed by atoms with E-state index in [1.807, 2.05) is 6.92 Å². The van der Waals surface area contributed by atoms with Gasteiger partial charge in [-0.3, -0.25) is 0 Å². The minimum absolute atomic E-state index is 0.0672. The van der Waals surface area contributed by atoms with Crippen LogP contribution in [0.25, 0.3) is 11.1 Å². The van der Waals surface area contributed by atoms with Crippen molar-refractivity contribution in [3.05, 3.63) is 53.3 Å². The summed E-state index contributed by atoms with van der Waals surface area (Å²) in [5, 5.41) is 0. The highest BCUT2D eigenvalue weighted by Crippen LogP contribution is 2.40. The lowest BCUT2D eigenvalue weighted by molar-refractivity contribution is 0.298. The summed E-state index contributed by atoms with van der Waals surface area (Å²) in [6.45, 7) is 4.56. The van der Waals surface area contributed by atoms with Crippen LogP contribution in [0.3, 0.4) is 0 Å². The van der Waals surface area contributed by atoms with Crippen LogP contribution in [0.2, 0.25) is 0 Å². The molecule has 1 nitrogen and oxygen atoms in total. The first kappa shape index (κ1) is 22.7. The van der Waals surface area contributed by atoms with Gasteiger partial charge in [0, 0.05) is 5.56 Å².